The van der Waals surface area contributed by atoms with Crippen LogP contribution >= 0.6 is 0 Å². The average molecular weight is 450 g/mol. The minimum absolute atomic E-state index is 0.0159. The number of carbonyl (C=O) groups excluding carboxylic acids is 3. The van der Waals surface area contributed by atoms with E-state index in [-0.39, 0.29) is 23.1 Å². The predicted octanol–water partition coefficient (Wildman–Crippen LogP) is -0.458. The van der Waals surface area contributed by atoms with Crippen molar-refractivity contribution >= 4 is 17.8 Å². The van der Waals surface area contributed by atoms with Crippen LogP contribution in [-0.2, 0) is 19.1 Å². The lowest BCUT2D eigenvalue weighted by atomic mass is 9.94. The summed E-state index contributed by atoms with van der Waals surface area (Å²) < 4.78 is 10.8. The molecular weight excluding hydrogens is 418 g/mol. The number of esters is 1. The number of amides is 2. The topological polar surface area (TPSA) is 146 Å². The lowest BCUT2D eigenvalue weighted by Crippen LogP contribution is -2.60. The first kappa shape index (κ1) is 24.0. The molecule has 2 aliphatic heterocycles. The molecule has 1 aromatic rings. The highest BCUT2D eigenvalue weighted by molar-refractivity contribution is 5.99. The zero-order valence-corrected chi connectivity index (χ0v) is 18.4. The van der Waals surface area contributed by atoms with E-state index < -0.39 is 48.1 Å². The van der Waals surface area contributed by atoms with Crippen molar-refractivity contribution in [1.29, 1.82) is 0 Å². The van der Waals surface area contributed by atoms with Gasteiger partial charge >= 0.3 is 5.97 Å². The SMILES string of the molecule is C[C@@H]1NC(=O)[C@@H](NC(=O)c2ccccc2O)[C@@H](C)OC(=O)C(C2COC2)NC[C@H](C)[C@@H]1O. The molecule has 3 rings (SSSR count). The minimum Gasteiger partial charge on any atom is -0.507 e. The van der Waals surface area contributed by atoms with Gasteiger partial charge in [-0.3, -0.25) is 14.4 Å². The second kappa shape index (κ2) is 10.3. The van der Waals surface area contributed by atoms with Crippen LogP contribution < -0.4 is 16.0 Å². The number of carbonyl (C=O) groups is 3. The second-order valence-corrected chi connectivity index (χ2v) is 8.56. The first-order chi connectivity index (χ1) is 15.2. The van der Waals surface area contributed by atoms with Gasteiger partial charge in [-0.1, -0.05) is 19.1 Å². The van der Waals surface area contributed by atoms with E-state index in [0.29, 0.717) is 19.8 Å². The Morgan fingerprint density at radius 1 is 1.16 bits per heavy atom. The lowest BCUT2D eigenvalue weighted by Gasteiger charge is -2.36. The number of benzene rings is 1. The number of aromatic hydroxyl groups is 1. The number of rotatable bonds is 3. The molecule has 1 unspecified atom stereocenters. The molecule has 0 radical (unpaired) electrons. The van der Waals surface area contributed by atoms with Crippen LogP contribution in [0.25, 0.3) is 0 Å². The molecule has 10 heteroatoms. The van der Waals surface area contributed by atoms with Gasteiger partial charge in [0.15, 0.2) is 0 Å². The van der Waals surface area contributed by atoms with E-state index in [1.165, 1.54) is 19.1 Å². The van der Waals surface area contributed by atoms with Gasteiger partial charge in [0.25, 0.3) is 5.91 Å². The molecule has 2 fully saturated rings. The Morgan fingerprint density at radius 3 is 2.47 bits per heavy atom. The Kier molecular flexibility index (Phi) is 7.70. The van der Waals surface area contributed by atoms with E-state index in [1.807, 2.05) is 6.92 Å². The van der Waals surface area contributed by atoms with Crippen LogP contribution in [-0.4, -0.2) is 78.1 Å². The van der Waals surface area contributed by atoms with Gasteiger partial charge in [0, 0.05) is 12.5 Å². The maximum Gasteiger partial charge on any atom is 0.323 e. The summed E-state index contributed by atoms with van der Waals surface area (Å²) in [6, 6.07) is 3.41. The van der Waals surface area contributed by atoms with Gasteiger partial charge in [-0.2, -0.15) is 0 Å². The van der Waals surface area contributed by atoms with E-state index in [4.69, 9.17) is 9.47 Å². The molecule has 0 bridgehead atoms. The van der Waals surface area contributed by atoms with Crippen LogP contribution in [0.4, 0.5) is 0 Å². The average Bonchev–Trinajstić information content (AvgIpc) is 2.71. The number of hydrogen-bond donors (Lipinski definition) is 5. The molecule has 2 amide bonds. The maximum absolute atomic E-state index is 13.0. The number of aliphatic hydroxyl groups excluding tert-OH is 1. The lowest BCUT2D eigenvalue weighted by molar-refractivity contribution is -0.161. The Balaban J connectivity index is 1.85. The molecule has 0 saturated carbocycles. The highest BCUT2D eigenvalue weighted by Crippen LogP contribution is 2.20. The summed E-state index contributed by atoms with van der Waals surface area (Å²) in [4.78, 5) is 38.7. The molecular formula is C22H31N3O7. The monoisotopic (exact) mass is 449 g/mol. The fraction of sp³-hybridized carbons (Fsp3) is 0.591. The summed E-state index contributed by atoms with van der Waals surface area (Å²) >= 11 is 0. The number of phenolic OH excluding ortho intramolecular Hbond substituents is 1. The molecule has 1 aromatic carbocycles. The van der Waals surface area contributed by atoms with Crippen molar-refractivity contribution < 1.29 is 34.1 Å². The Morgan fingerprint density at radius 2 is 1.84 bits per heavy atom. The fourth-order valence-electron chi connectivity index (χ4n) is 3.82. The van der Waals surface area contributed by atoms with Gasteiger partial charge in [-0.25, -0.2) is 0 Å². The third-order valence-corrected chi connectivity index (χ3v) is 6.00. The molecule has 10 nitrogen and oxygen atoms in total. The summed E-state index contributed by atoms with van der Waals surface area (Å²) in [6.45, 7) is 6.15. The van der Waals surface area contributed by atoms with Crippen LogP contribution in [0.1, 0.15) is 31.1 Å². The molecule has 2 aliphatic rings. The van der Waals surface area contributed by atoms with Crippen LogP contribution in [0.5, 0.6) is 5.75 Å². The summed E-state index contributed by atoms with van der Waals surface area (Å²) in [5.74, 6) is -2.45. The standard InChI is InChI=1S/C22H31N3O7/c1-11-8-23-18(14-9-31-10-14)22(30)32-13(3)17(21(29)24-12(2)19(11)27)25-20(28)15-6-4-5-7-16(15)26/h4-7,11-14,17-19,23,26-27H,8-10H2,1-3H3,(H,24,29)(H,25,28)/t11-,12-,13+,17-,18?,19-/m0/s1. The number of nitrogens with one attached hydrogen (secondary N) is 3. The molecule has 176 valence electrons. The van der Waals surface area contributed by atoms with Crippen LogP contribution in [0.3, 0.4) is 0 Å². The molecule has 0 aromatic heterocycles. The number of para-hydroxylation sites is 1. The fourth-order valence-corrected chi connectivity index (χ4v) is 3.82. The molecule has 0 aliphatic carbocycles. The summed E-state index contributed by atoms with van der Waals surface area (Å²) in [7, 11) is 0. The second-order valence-electron chi connectivity index (χ2n) is 8.56. The highest BCUT2D eigenvalue weighted by atomic mass is 16.5. The summed E-state index contributed by atoms with van der Waals surface area (Å²) in [5.41, 5.74) is -0.0159. The van der Waals surface area contributed by atoms with Gasteiger partial charge in [0.1, 0.15) is 23.9 Å². The van der Waals surface area contributed by atoms with E-state index >= 15 is 0 Å². The Hall–Kier alpha value is -2.69. The van der Waals surface area contributed by atoms with Crippen LogP contribution in [0.2, 0.25) is 0 Å². The van der Waals surface area contributed by atoms with Crippen molar-refractivity contribution in [3.05, 3.63) is 29.8 Å². The zero-order valence-electron chi connectivity index (χ0n) is 18.4. The van der Waals surface area contributed by atoms with Gasteiger partial charge in [0.2, 0.25) is 5.91 Å². The molecule has 6 atom stereocenters. The minimum atomic E-state index is -1.24. The molecule has 32 heavy (non-hydrogen) atoms. The Bertz CT molecular complexity index is 845. The summed E-state index contributed by atoms with van der Waals surface area (Å²) in [6.07, 6.45) is -1.89. The van der Waals surface area contributed by atoms with Gasteiger partial charge in [-0.15, -0.1) is 0 Å². The van der Waals surface area contributed by atoms with Crippen molar-refractivity contribution in [2.45, 2.75) is 51.1 Å². The zero-order chi connectivity index (χ0) is 23.4. The van der Waals surface area contributed by atoms with E-state index in [1.54, 1.807) is 19.1 Å². The van der Waals surface area contributed by atoms with Crippen molar-refractivity contribution in [2.75, 3.05) is 19.8 Å². The van der Waals surface area contributed by atoms with Gasteiger partial charge in [0.05, 0.1) is 30.9 Å². The van der Waals surface area contributed by atoms with E-state index in [2.05, 4.69) is 16.0 Å². The predicted molar refractivity (Wildman–Crippen MR) is 114 cm³/mol. The van der Waals surface area contributed by atoms with Gasteiger partial charge < -0.3 is 35.6 Å². The normalized spacial score (nSPS) is 32.5. The number of hydrogen-bond acceptors (Lipinski definition) is 8. The smallest absolute Gasteiger partial charge is 0.323 e. The number of cyclic esters (lactones) is 1. The maximum atomic E-state index is 13.0. The highest BCUT2D eigenvalue weighted by Gasteiger charge is 2.39. The number of aliphatic hydroxyl groups is 1. The van der Waals surface area contributed by atoms with Crippen LogP contribution in [0.15, 0.2) is 24.3 Å². The van der Waals surface area contributed by atoms with Crippen molar-refractivity contribution in [3.8, 4) is 5.75 Å². The third kappa shape index (κ3) is 5.37. The van der Waals surface area contributed by atoms with E-state index in [0.717, 1.165) is 0 Å². The van der Waals surface area contributed by atoms with Gasteiger partial charge in [-0.05, 0) is 31.9 Å². The first-order valence-electron chi connectivity index (χ1n) is 10.8. The van der Waals surface area contributed by atoms with Crippen molar-refractivity contribution in [2.24, 2.45) is 11.8 Å². The quantitative estimate of drug-likeness (QED) is 0.390. The molecule has 0 spiro atoms. The first-order valence-corrected chi connectivity index (χ1v) is 10.8. The largest absolute Gasteiger partial charge is 0.507 e. The molecule has 5 N–H and O–H groups in total. The third-order valence-electron chi connectivity index (χ3n) is 6.00. The van der Waals surface area contributed by atoms with Crippen molar-refractivity contribution in [1.82, 2.24) is 16.0 Å². The summed E-state index contributed by atoms with van der Waals surface area (Å²) in [5, 5.41) is 29.0. The van der Waals surface area contributed by atoms with Crippen LogP contribution in [0, 0.1) is 11.8 Å². The Labute approximate surface area is 186 Å². The molecule has 2 saturated heterocycles. The number of ether oxygens (including phenoxy) is 2. The number of phenols is 1. The van der Waals surface area contributed by atoms with E-state index in [9.17, 15) is 24.6 Å². The molecule has 2 heterocycles. The van der Waals surface area contributed by atoms with Crippen molar-refractivity contribution in [3.63, 3.8) is 0 Å².